The normalized spacial score (nSPS) is 12.5. The highest BCUT2D eigenvalue weighted by atomic mass is 14.9. The Kier molecular flexibility index (Phi) is 3.32. The highest BCUT2D eigenvalue weighted by Gasteiger charge is 2.07. The highest BCUT2D eigenvalue weighted by molar-refractivity contribution is 5.79. The van der Waals surface area contributed by atoms with Gasteiger partial charge in [-0.1, -0.05) is 31.2 Å². The Balaban J connectivity index is 1.84. The van der Waals surface area contributed by atoms with Crippen molar-refractivity contribution in [3.05, 3.63) is 48.0 Å². The van der Waals surface area contributed by atoms with E-state index in [1.807, 2.05) is 6.21 Å². The lowest BCUT2D eigenvalue weighted by atomic mass is 10.0. The predicted octanol–water partition coefficient (Wildman–Crippen LogP) is 4.43. The Morgan fingerprint density at radius 3 is 2.63 bits per heavy atom. The van der Waals surface area contributed by atoms with Gasteiger partial charge in [-0.2, -0.15) is 0 Å². The minimum Gasteiger partial charge on any atom is -0.385 e. The van der Waals surface area contributed by atoms with Gasteiger partial charge in [0.2, 0.25) is 0 Å². The van der Waals surface area contributed by atoms with E-state index in [9.17, 15) is 0 Å². The van der Waals surface area contributed by atoms with E-state index >= 15 is 0 Å². The summed E-state index contributed by atoms with van der Waals surface area (Å²) in [6.45, 7) is 3.19. The monoisotopic (exact) mass is 250 g/mol. The molecule has 0 bridgehead atoms. The van der Waals surface area contributed by atoms with Crippen LogP contribution in [-0.2, 0) is 6.42 Å². The lowest BCUT2D eigenvalue weighted by molar-refractivity contribution is 0.980. The van der Waals surface area contributed by atoms with Crippen molar-refractivity contribution in [2.75, 3.05) is 11.9 Å². The molecule has 2 heteroatoms. The highest BCUT2D eigenvalue weighted by Crippen LogP contribution is 2.30. The zero-order valence-electron chi connectivity index (χ0n) is 11.2. The SMILES string of the molecule is CCCNc1ccc(-c2ccc3c(c2)N=CC3)cc1. The molecule has 0 saturated heterocycles. The Morgan fingerprint density at radius 2 is 1.84 bits per heavy atom. The molecule has 2 aromatic rings. The summed E-state index contributed by atoms with van der Waals surface area (Å²) < 4.78 is 0. The summed E-state index contributed by atoms with van der Waals surface area (Å²) in [6, 6.07) is 15.1. The van der Waals surface area contributed by atoms with Crippen molar-refractivity contribution in [3.8, 4) is 11.1 Å². The van der Waals surface area contributed by atoms with Crippen molar-refractivity contribution >= 4 is 17.6 Å². The molecule has 0 fully saturated rings. The van der Waals surface area contributed by atoms with Crippen LogP contribution in [-0.4, -0.2) is 12.8 Å². The minimum atomic E-state index is 0.968. The van der Waals surface area contributed by atoms with Crippen LogP contribution in [0.3, 0.4) is 0 Å². The summed E-state index contributed by atoms with van der Waals surface area (Å²) in [5, 5.41) is 3.39. The maximum atomic E-state index is 4.41. The Hall–Kier alpha value is -2.09. The van der Waals surface area contributed by atoms with Gasteiger partial charge in [0, 0.05) is 24.9 Å². The maximum Gasteiger partial charge on any atom is 0.0667 e. The fraction of sp³-hybridized carbons (Fsp3) is 0.235. The van der Waals surface area contributed by atoms with E-state index in [1.54, 1.807) is 0 Å². The summed E-state index contributed by atoms with van der Waals surface area (Å²) in [6.07, 6.45) is 4.09. The standard InChI is InChI=1S/C17H18N2/c1-2-10-18-16-7-5-13(6-8-16)15-4-3-14-9-11-19-17(14)12-15/h3-8,11-12,18H,2,9-10H2,1H3. The number of hydrogen-bond donors (Lipinski definition) is 1. The molecule has 0 aliphatic carbocycles. The number of hydrogen-bond acceptors (Lipinski definition) is 2. The summed E-state index contributed by atoms with van der Waals surface area (Å²) in [4.78, 5) is 4.41. The first kappa shape index (κ1) is 12.0. The van der Waals surface area contributed by atoms with Gasteiger partial charge in [0.05, 0.1) is 5.69 Å². The van der Waals surface area contributed by atoms with E-state index in [0.717, 1.165) is 25.1 Å². The largest absolute Gasteiger partial charge is 0.385 e. The molecule has 1 aliphatic rings. The molecule has 0 aromatic heterocycles. The van der Waals surface area contributed by atoms with Crippen molar-refractivity contribution < 1.29 is 0 Å². The first-order chi connectivity index (χ1) is 9.36. The van der Waals surface area contributed by atoms with Gasteiger partial charge in [-0.25, -0.2) is 0 Å². The van der Waals surface area contributed by atoms with Crippen molar-refractivity contribution in [2.24, 2.45) is 4.99 Å². The number of aliphatic imine (C=N–C) groups is 1. The lowest BCUT2D eigenvalue weighted by Crippen LogP contribution is -1.98. The topological polar surface area (TPSA) is 24.4 Å². The fourth-order valence-corrected chi connectivity index (χ4v) is 2.33. The third-order valence-corrected chi connectivity index (χ3v) is 3.42. The zero-order valence-corrected chi connectivity index (χ0v) is 11.2. The Bertz CT molecular complexity index is 597. The van der Waals surface area contributed by atoms with Crippen molar-refractivity contribution in [2.45, 2.75) is 19.8 Å². The molecule has 1 heterocycles. The maximum absolute atomic E-state index is 4.41. The molecular weight excluding hydrogens is 232 g/mol. The van der Waals surface area contributed by atoms with Gasteiger partial charge in [-0.15, -0.1) is 0 Å². The molecular formula is C17H18N2. The van der Waals surface area contributed by atoms with Gasteiger partial charge in [-0.05, 0) is 41.3 Å². The fourth-order valence-electron chi connectivity index (χ4n) is 2.33. The summed E-state index contributed by atoms with van der Waals surface area (Å²) in [5.41, 5.74) is 6.10. The van der Waals surface area contributed by atoms with Gasteiger partial charge in [-0.3, -0.25) is 4.99 Å². The van der Waals surface area contributed by atoms with Crippen LogP contribution >= 0.6 is 0 Å². The number of rotatable bonds is 4. The number of nitrogens with one attached hydrogen (secondary N) is 1. The van der Waals surface area contributed by atoms with Crippen LogP contribution in [0.1, 0.15) is 18.9 Å². The van der Waals surface area contributed by atoms with E-state index < -0.39 is 0 Å². The third kappa shape index (κ3) is 2.53. The molecule has 1 N–H and O–H groups in total. The van der Waals surface area contributed by atoms with Gasteiger partial charge < -0.3 is 5.32 Å². The third-order valence-electron chi connectivity index (χ3n) is 3.42. The zero-order chi connectivity index (χ0) is 13.1. The first-order valence-electron chi connectivity index (χ1n) is 6.86. The first-order valence-corrected chi connectivity index (χ1v) is 6.86. The molecule has 96 valence electrons. The second-order valence-corrected chi connectivity index (χ2v) is 4.86. The molecule has 2 nitrogen and oxygen atoms in total. The molecule has 1 aliphatic heterocycles. The molecule has 0 amide bonds. The predicted molar refractivity (Wildman–Crippen MR) is 82.5 cm³/mol. The number of nitrogens with zero attached hydrogens (tertiary/aromatic N) is 1. The second kappa shape index (κ2) is 5.27. The van der Waals surface area contributed by atoms with E-state index in [0.29, 0.717) is 0 Å². The van der Waals surface area contributed by atoms with Crippen LogP contribution in [0.2, 0.25) is 0 Å². The smallest absolute Gasteiger partial charge is 0.0667 e. The summed E-state index contributed by atoms with van der Waals surface area (Å²) in [7, 11) is 0. The molecule has 19 heavy (non-hydrogen) atoms. The van der Waals surface area contributed by atoms with Crippen LogP contribution in [0, 0.1) is 0 Å². The number of fused-ring (bicyclic) bond motifs is 1. The van der Waals surface area contributed by atoms with Gasteiger partial charge in [0.15, 0.2) is 0 Å². The molecule has 3 rings (SSSR count). The molecule has 2 aromatic carbocycles. The summed E-state index contributed by atoms with van der Waals surface area (Å²) in [5.74, 6) is 0. The van der Waals surface area contributed by atoms with Gasteiger partial charge in [0.1, 0.15) is 0 Å². The molecule has 0 radical (unpaired) electrons. The average molecular weight is 250 g/mol. The van der Waals surface area contributed by atoms with E-state index in [4.69, 9.17) is 0 Å². The second-order valence-electron chi connectivity index (χ2n) is 4.86. The van der Waals surface area contributed by atoms with Crippen LogP contribution < -0.4 is 5.32 Å². The summed E-state index contributed by atoms with van der Waals surface area (Å²) >= 11 is 0. The lowest BCUT2D eigenvalue weighted by Gasteiger charge is -2.07. The van der Waals surface area contributed by atoms with Crippen molar-refractivity contribution in [3.63, 3.8) is 0 Å². The number of anilines is 1. The van der Waals surface area contributed by atoms with Crippen LogP contribution in [0.5, 0.6) is 0 Å². The van der Waals surface area contributed by atoms with Gasteiger partial charge >= 0.3 is 0 Å². The van der Waals surface area contributed by atoms with E-state index in [1.165, 1.54) is 22.4 Å². The molecule has 0 saturated carbocycles. The van der Waals surface area contributed by atoms with E-state index in [-0.39, 0.29) is 0 Å². The van der Waals surface area contributed by atoms with Crippen LogP contribution in [0.15, 0.2) is 47.5 Å². The van der Waals surface area contributed by atoms with Crippen LogP contribution in [0.25, 0.3) is 11.1 Å². The minimum absolute atomic E-state index is 0.968. The van der Waals surface area contributed by atoms with Crippen molar-refractivity contribution in [1.82, 2.24) is 0 Å². The molecule has 0 spiro atoms. The van der Waals surface area contributed by atoms with E-state index in [2.05, 4.69) is 59.7 Å². The van der Waals surface area contributed by atoms with Crippen molar-refractivity contribution in [1.29, 1.82) is 0 Å². The molecule has 0 unspecified atom stereocenters. The number of benzene rings is 2. The molecule has 0 atom stereocenters. The Labute approximate surface area is 114 Å². The quantitative estimate of drug-likeness (QED) is 0.852. The average Bonchev–Trinajstić information content (AvgIpc) is 2.93. The van der Waals surface area contributed by atoms with Crippen LogP contribution in [0.4, 0.5) is 11.4 Å². The Morgan fingerprint density at radius 1 is 1.05 bits per heavy atom. The van der Waals surface area contributed by atoms with Gasteiger partial charge in [0.25, 0.3) is 0 Å².